The lowest BCUT2D eigenvalue weighted by Gasteiger charge is -2.36. The van der Waals surface area contributed by atoms with Gasteiger partial charge in [0.25, 0.3) is 0 Å². The van der Waals surface area contributed by atoms with E-state index in [-0.39, 0.29) is 18.1 Å². The molecule has 6 atom stereocenters. The summed E-state index contributed by atoms with van der Waals surface area (Å²) in [6.45, 7) is -1.00. The number of phosphoric ester groups is 2. The summed E-state index contributed by atoms with van der Waals surface area (Å²) in [5.74, 6) is -0.163. The Labute approximate surface area is 218 Å². The first-order valence-electron chi connectivity index (χ1n) is 11.2. The van der Waals surface area contributed by atoms with E-state index in [1.165, 1.54) is 24.5 Å². The van der Waals surface area contributed by atoms with Crippen LogP contribution in [0.5, 0.6) is 0 Å². The van der Waals surface area contributed by atoms with Gasteiger partial charge in [-0.15, -0.1) is 0 Å². The molecule has 0 aromatic carbocycles. The summed E-state index contributed by atoms with van der Waals surface area (Å²) in [7, 11) is -10.4. The quantitative estimate of drug-likeness (QED) is 0.153. The molecular weight excluding hydrogens is 570 g/mol. The van der Waals surface area contributed by atoms with Gasteiger partial charge in [0.1, 0.15) is 35.8 Å². The Morgan fingerprint density at radius 1 is 0.974 bits per heavy atom. The minimum absolute atomic E-state index is 0.0462. The van der Waals surface area contributed by atoms with Crippen molar-refractivity contribution in [1.82, 2.24) is 19.1 Å². The number of aromatic nitrogens is 4. The first kappa shape index (κ1) is 29.4. The maximum Gasteiger partial charge on any atom is 0.469 e. The summed E-state index contributed by atoms with van der Waals surface area (Å²) in [6.07, 6.45) is -5.13. The molecule has 0 radical (unpaired) electrons. The van der Waals surface area contributed by atoms with Crippen LogP contribution in [0, 0.1) is 0 Å². The van der Waals surface area contributed by atoms with Gasteiger partial charge in [0, 0.05) is 31.7 Å². The third kappa shape index (κ3) is 6.97. The number of nitrogen functional groups attached to an aromatic ring is 2. The first-order valence-corrected chi connectivity index (χ1v) is 14.3. The largest absolute Gasteiger partial charge is 0.469 e. The lowest BCUT2D eigenvalue weighted by molar-refractivity contribution is -0.155. The third-order valence-corrected chi connectivity index (χ3v) is 7.18. The molecule has 0 bridgehead atoms. The Morgan fingerprint density at radius 3 is 2.05 bits per heavy atom. The van der Waals surface area contributed by atoms with Gasteiger partial charge in [-0.1, -0.05) is 0 Å². The molecule has 4 heterocycles. The van der Waals surface area contributed by atoms with Gasteiger partial charge < -0.3 is 45.6 Å². The summed E-state index contributed by atoms with van der Waals surface area (Å²) < 4.78 is 46.7. The second kappa shape index (κ2) is 10.8. The number of aliphatic hydroxyl groups is 1. The monoisotopic (exact) mass is 596 g/mol. The molecule has 21 heteroatoms. The molecule has 0 aliphatic carbocycles. The van der Waals surface area contributed by atoms with Crippen molar-refractivity contribution in [2.45, 2.75) is 55.6 Å². The van der Waals surface area contributed by atoms with Crippen molar-refractivity contribution in [3.8, 4) is 0 Å². The van der Waals surface area contributed by atoms with Crippen molar-refractivity contribution >= 4 is 27.3 Å². The van der Waals surface area contributed by atoms with Gasteiger partial charge in [-0.05, 0) is 12.1 Å². The van der Waals surface area contributed by atoms with E-state index in [0.717, 1.165) is 9.13 Å². The van der Waals surface area contributed by atoms with E-state index >= 15 is 0 Å². The van der Waals surface area contributed by atoms with E-state index in [1.54, 1.807) is 0 Å². The minimum Gasteiger partial charge on any atom is -0.390 e. The number of rotatable bonds is 9. The Hall–Kier alpha value is -2.54. The van der Waals surface area contributed by atoms with E-state index in [2.05, 4.69) is 14.5 Å². The van der Waals surface area contributed by atoms with Crippen molar-refractivity contribution in [2.75, 3.05) is 18.1 Å². The Bertz CT molecular complexity index is 1420. The zero-order chi connectivity index (χ0) is 28.8. The number of nitrogens with zero attached hydrogens (tertiary/aromatic N) is 4. The van der Waals surface area contributed by atoms with Crippen molar-refractivity contribution in [2.24, 2.45) is 0 Å². The summed E-state index contributed by atoms with van der Waals surface area (Å²) in [6, 6.07) is 2.58. The van der Waals surface area contributed by atoms with Crippen LogP contribution in [0.4, 0.5) is 11.6 Å². The van der Waals surface area contributed by atoms with Gasteiger partial charge in [0.05, 0.1) is 18.8 Å². The summed E-state index contributed by atoms with van der Waals surface area (Å²) in [4.78, 5) is 69.6. The molecule has 2 aromatic heterocycles. The maximum absolute atomic E-state index is 12.4. The Morgan fingerprint density at radius 2 is 1.54 bits per heavy atom. The predicted molar refractivity (Wildman–Crippen MR) is 127 cm³/mol. The van der Waals surface area contributed by atoms with E-state index in [4.69, 9.17) is 25.5 Å². The highest BCUT2D eigenvalue weighted by atomic mass is 31.2. The SMILES string of the molecule is Nc1ccn(C2CC(O)C(CC3(COP(=O)(O)O)OC(n4ccc(N)nc4=O)CC3OP(=O)(O)O)O2)c(=O)n1. The van der Waals surface area contributed by atoms with E-state index < -0.39 is 82.8 Å². The molecule has 2 aromatic rings. The van der Waals surface area contributed by atoms with Crippen LogP contribution in [-0.4, -0.2) is 74.3 Å². The van der Waals surface area contributed by atoms with Gasteiger partial charge >= 0.3 is 27.0 Å². The van der Waals surface area contributed by atoms with Gasteiger partial charge in [0.15, 0.2) is 0 Å². The van der Waals surface area contributed by atoms with Gasteiger partial charge in [-0.25, -0.2) is 18.7 Å². The fourth-order valence-corrected chi connectivity index (χ4v) is 5.52. The van der Waals surface area contributed by atoms with Crippen molar-refractivity contribution in [3.63, 3.8) is 0 Å². The number of ether oxygens (including phenoxy) is 2. The molecule has 6 unspecified atom stereocenters. The summed E-state index contributed by atoms with van der Waals surface area (Å²) >= 11 is 0. The van der Waals surface area contributed by atoms with E-state index in [1.807, 2.05) is 0 Å². The lowest BCUT2D eigenvalue weighted by atomic mass is 9.89. The highest BCUT2D eigenvalue weighted by molar-refractivity contribution is 7.46. The first-order chi connectivity index (χ1) is 18.1. The summed E-state index contributed by atoms with van der Waals surface area (Å²) in [5.41, 5.74) is 7.24. The van der Waals surface area contributed by atoms with Crippen LogP contribution in [0.1, 0.15) is 31.7 Å². The summed E-state index contributed by atoms with van der Waals surface area (Å²) in [5, 5.41) is 10.7. The molecule has 216 valence electrons. The molecule has 0 amide bonds. The number of hydrogen-bond donors (Lipinski definition) is 7. The highest BCUT2D eigenvalue weighted by Crippen LogP contribution is 2.51. The number of nitrogens with two attached hydrogens (primary N) is 2. The third-order valence-electron chi connectivity index (χ3n) is 6.19. The van der Waals surface area contributed by atoms with Crippen LogP contribution in [0.3, 0.4) is 0 Å². The van der Waals surface area contributed by atoms with Gasteiger partial charge in [-0.3, -0.25) is 18.2 Å². The van der Waals surface area contributed by atoms with Gasteiger partial charge in [0.2, 0.25) is 0 Å². The molecule has 0 spiro atoms. The predicted octanol–water partition coefficient (Wildman–Crippen LogP) is -2.05. The average molecular weight is 596 g/mol. The van der Waals surface area contributed by atoms with Gasteiger partial charge in [-0.2, -0.15) is 9.97 Å². The number of aliphatic hydroxyl groups excluding tert-OH is 1. The molecule has 2 aliphatic heterocycles. The zero-order valence-corrected chi connectivity index (χ0v) is 21.7. The molecule has 4 rings (SSSR count). The topological polar surface area (TPSA) is 294 Å². The van der Waals surface area contributed by atoms with Crippen LogP contribution in [0.25, 0.3) is 0 Å². The second-order valence-corrected chi connectivity index (χ2v) is 11.4. The standard InChI is InChI=1S/C18H26N6O13P2/c19-12-1-3-23(16(26)21-12)14-5-9(25)10(35-14)7-18(8-34-38(28,29)30)11(37-39(31,32)33)6-15(36-18)24-4-2-13(20)22-17(24)27/h1-4,9-11,14-15,25H,5-8H2,(H2,19,21,26)(H2,20,22,27)(H2,28,29,30)(H2,31,32,33). The van der Waals surface area contributed by atoms with Crippen molar-refractivity contribution in [3.05, 3.63) is 45.5 Å². The number of phosphoric acid groups is 2. The molecule has 2 aliphatic rings. The molecule has 39 heavy (non-hydrogen) atoms. The maximum atomic E-state index is 12.4. The van der Waals surface area contributed by atoms with E-state index in [0.29, 0.717) is 0 Å². The fourth-order valence-electron chi connectivity index (χ4n) is 4.53. The number of anilines is 2. The molecule has 2 fully saturated rings. The highest BCUT2D eigenvalue weighted by Gasteiger charge is 2.56. The van der Waals surface area contributed by atoms with Crippen LogP contribution in [-0.2, 0) is 27.7 Å². The molecule has 2 saturated heterocycles. The van der Waals surface area contributed by atoms with Crippen molar-refractivity contribution < 1.29 is 52.3 Å². The van der Waals surface area contributed by atoms with E-state index in [9.17, 15) is 43.4 Å². The molecule has 19 nitrogen and oxygen atoms in total. The zero-order valence-electron chi connectivity index (χ0n) is 19.9. The normalized spacial score (nSPS) is 29.6. The van der Waals surface area contributed by atoms with Crippen molar-refractivity contribution in [1.29, 1.82) is 0 Å². The Balaban J connectivity index is 1.70. The second-order valence-electron chi connectivity index (χ2n) is 8.94. The molecule has 9 N–H and O–H groups in total. The Kier molecular flexibility index (Phi) is 8.15. The van der Waals surface area contributed by atoms with Crippen LogP contribution >= 0.6 is 15.6 Å². The molecular formula is C18H26N6O13P2. The number of hydrogen-bond acceptors (Lipinski definition) is 13. The smallest absolute Gasteiger partial charge is 0.390 e. The average Bonchev–Trinajstić information content (AvgIpc) is 3.31. The minimum atomic E-state index is -5.25. The molecule has 0 saturated carbocycles. The van der Waals surface area contributed by atoms with Crippen LogP contribution in [0.15, 0.2) is 34.1 Å². The van der Waals surface area contributed by atoms with Crippen LogP contribution < -0.4 is 22.8 Å². The van der Waals surface area contributed by atoms with Crippen LogP contribution in [0.2, 0.25) is 0 Å². The lowest BCUT2D eigenvalue weighted by Crippen LogP contribution is -2.49. The fraction of sp³-hybridized carbons (Fsp3) is 0.556.